The Hall–Kier alpha value is -2.29. The van der Waals surface area contributed by atoms with Gasteiger partial charge in [-0.2, -0.15) is 0 Å². The SMILES string of the molecule is c1ccc2c3n4[nH]ccc4ncc-3cc2c1. The molecule has 0 atom stereocenters. The van der Waals surface area contributed by atoms with Gasteiger partial charge in [0, 0.05) is 29.4 Å². The topological polar surface area (TPSA) is 33.1 Å². The number of nitrogens with zero attached hydrogens (tertiary/aromatic N) is 2. The zero-order valence-electron chi connectivity index (χ0n) is 8.51. The van der Waals surface area contributed by atoms with Gasteiger partial charge in [-0.3, -0.25) is 5.10 Å². The number of fused-ring (bicyclic) bond motifs is 5. The summed E-state index contributed by atoms with van der Waals surface area (Å²) in [6, 6.07) is 12.5. The van der Waals surface area contributed by atoms with Crippen molar-refractivity contribution in [2.75, 3.05) is 0 Å². The van der Waals surface area contributed by atoms with Gasteiger partial charge < -0.3 is 0 Å². The van der Waals surface area contributed by atoms with Crippen LogP contribution in [0.1, 0.15) is 0 Å². The highest BCUT2D eigenvalue weighted by molar-refractivity contribution is 6.00. The number of hydrogen-bond acceptors (Lipinski definition) is 1. The standard InChI is InChI=1S/C13H9N3/c1-2-4-11-9(3-1)7-10-8-14-12-5-6-15-16(12)13(10)11/h1-8,15H. The van der Waals surface area contributed by atoms with E-state index >= 15 is 0 Å². The zero-order valence-corrected chi connectivity index (χ0v) is 8.51. The number of benzene rings is 1. The Labute approximate surface area is 91.7 Å². The van der Waals surface area contributed by atoms with Crippen molar-refractivity contribution in [3.8, 4) is 11.3 Å². The predicted octanol–water partition coefficient (Wildman–Crippen LogP) is 2.92. The fourth-order valence-electron chi connectivity index (χ4n) is 2.32. The van der Waals surface area contributed by atoms with Crippen LogP contribution < -0.4 is 0 Å². The molecule has 16 heavy (non-hydrogen) atoms. The Balaban J connectivity index is 2.36. The normalized spacial score (nSPS) is 11.8. The molecule has 0 saturated carbocycles. The van der Waals surface area contributed by atoms with Gasteiger partial charge in [-0.1, -0.05) is 24.3 Å². The van der Waals surface area contributed by atoms with Crippen LogP contribution in [0.5, 0.6) is 0 Å². The van der Waals surface area contributed by atoms with E-state index in [4.69, 9.17) is 0 Å². The number of aromatic amines is 1. The van der Waals surface area contributed by atoms with Crippen LogP contribution in [0.15, 0.2) is 48.8 Å². The third kappa shape index (κ3) is 0.852. The first-order chi connectivity index (χ1) is 7.93. The van der Waals surface area contributed by atoms with Crippen molar-refractivity contribution < 1.29 is 0 Å². The van der Waals surface area contributed by atoms with Gasteiger partial charge in [0.25, 0.3) is 0 Å². The van der Waals surface area contributed by atoms with E-state index in [0.29, 0.717) is 0 Å². The molecule has 2 heterocycles. The lowest BCUT2D eigenvalue weighted by Gasteiger charge is -2.03. The van der Waals surface area contributed by atoms with Crippen LogP contribution in [0.25, 0.3) is 27.7 Å². The monoisotopic (exact) mass is 207 g/mol. The van der Waals surface area contributed by atoms with Crippen molar-refractivity contribution in [3.63, 3.8) is 0 Å². The van der Waals surface area contributed by atoms with E-state index in [9.17, 15) is 0 Å². The highest BCUT2D eigenvalue weighted by atomic mass is 15.2. The van der Waals surface area contributed by atoms with E-state index in [2.05, 4.69) is 40.4 Å². The van der Waals surface area contributed by atoms with E-state index in [1.165, 1.54) is 22.0 Å². The summed E-state index contributed by atoms with van der Waals surface area (Å²) in [6.45, 7) is 0. The van der Waals surface area contributed by atoms with Crippen LogP contribution >= 0.6 is 0 Å². The van der Waals surface area contributed by atoms with Crippen LogP contribution in [-0.4, -0.2) is 14.6 Å². The number of nitrogens with one attached hydrogen (secondary N) is 1. The lowest BCUT2D eigenvalue weighted by atomic mass is 10.2. The smallest absolute Gasteiger partial charge is 0.153 e. The number of rotatable bonds is 0. The maximum absolute atomic E-state index is 4.40. The van der Waals surface area contributed by atoms with Crippen LogP contribution in [0.3, 0.4) is 0 Å². The Kier molecular flexibility index (Phi) is 1.31. The van der Waals surface area contributed by atoms with E-state index in [0.717, 1.165) is 5.65 Å². The zero-order chi connectivity index (χ0) is 10.5. The van der Waals surface area contributed by atoms with Gasteiger partial charge in [-0.25, -0.2) is 9.50 Å². The van der Waals surface area contributed by atoms with E-state index < -0.39 is 0 Å². The van der Waals surface area contributed by atoms with E-state index in [-0.39, 0.29) is 0 Å². The second kappa shape index (κ2) is 2.64. The fourth-order valence-corrected chi connectivity index (χ4v) is 2.32. The summed E-state index contributed by atoms with van der Waals surface area (Å²) in [6.07, 6.45) is 3.84. The summed E-state index contributed by atoms with van der Waals surface area (Å²) >= 11 is 0. The molecule has 0 saturated heterocycles. The Morgan fingerprint density at radius 2 is 2.06 bits per heavy atom. The molecular weight excluding hydrogens is 198 g/mol. The maximum Gasteiger partial charge on any atom is 0.153 e. The number of H-pyrrole nitrogens is 1. The molecule has 1 aromatic heterocycles. The van der Waals surface area contributed by atoms with Crippen LogP contribution in [0.2, 0.25) is 0 Å². The first-order valence-electron chi connectivity index (χ1n) is 5.26. The van der Waals surface area contributed by atoms with Gasteiger partial charge in [0.15, 0.2) is 5.65 Å². The van der Waals surface area contributed by atoms with Gasteiger partial charge in [0.05, 0.1) is 5.69 Å². The second-order valence-electron chi connectivity index (χ2n) is 3.95. The van der Waals surface area contributed by atoms with E-state index in [1.807, 2.05) is 23.0 Å². The fraction of sp³-hybridized carbons (Fsp3) is 0. The minimum atomic E-state index is 0.948. The Morgan fingerprint density at radius 3 is 3.06 bits per heavy atom. The van der Waals surface area contributed by atoms with Crippen molar-refractivity contribution in [1.82, 2.24) is 14.6 Å². The van der Waals surface area contributed by atoms with E-state index in [1.54, 1.807) is 0 Å². The molecule has 1 N–H and O–H groups in total. The van der Waals surface area contributed by atoms with Gasteiger partial charge in [-0.05, 0) is 11.5 Å². The average molecular weight is 207 g/mol. The summed E-state index contributed by atoms with van der Waals surface area (Å²) in [5.74, 6) is 0. The van der Waals surface area contributed by atoms with Crippen LogP contribution in [-0.2, 0) is 0 Å². The molecule has 0 radical (unpaired) electrons. The summed E-state index contributed by atoms with van der Waals surface area (Å²) in [4.78, 5) is 4.40. The third-order valence-electron chi connectivity index (χ3n) is 3.03. The minimum Gasteiger partial charge on any atom is -0.300 e. The minimum absolute atomic E-state index is 0.948. The molecule has 0 unspecified atom stereocenters. The third-order valence-corrected chi connectivity index (χ3v) is 3.03. The molecular formula is C13H9N3. The highest BCUT2D eigenvalue weighted by Crippen LogP contribution is 2.33. The average Bonchev–Trinajstić information content (AvgIpc) is 2.91. The Morgan fingerprint density at radius 1 is 1.12 bits per heavy atom. The molecule has 1 aromatic carbocycles. The molecule has 1 aliphatic carbocycles. The Bertz CT molecular complexity index is 763. The first kappa shape index (κ1) is 7.93. The molecule has 76 valence electrons. The van der Waals surface area contributed by atoms with Crippen LogP contribution in [0.4, 0.5) is 0 Å². The van der Waals surface area contributed by atoms with Gasteiger partial charge in [0.2, 0.25) is 0 Å². The first-order valence-corrected chi connectivity index (χ1v) is 5.26. The summed E-state index contributed by atoms with van der Waals surface area (Å²) in [7, 11) is 0. The van der Waals surface area contributed by atoms with Crippen molar-refractivity contribution in [1.29, 1.82) is 0 Å². The van der Waals surface area contributed by atoms with Crippen molar-refractivity contribution in [3.05, 3.63) is 48.8 Å². The van der Waals surface area contributed by atoms with Crippen molar-refractivity contribution in [2.45, 2.75) is 0 Å². The predicted molar refractivity (Wildman–Crippen MR) is 63.7 cm³/mol. The van der Waals surface area contributed by atoms with Crippen molar-refractivity contribution in [2.24, 2.45) is 0 Å². The largest absolute Gasteiger partial charge is 0.300 e. The van der Waals surface area contributed by atoms with Gasteiger partial charge in [0.1, 0.15) is 0 Å². The molecule has 0 bridgehead atoms. The lowest BCUT2D eigenvalue weighted by molar-refractivity contribution is 0.954. The highest BCUT2D eigenvalue weighted by Gasteiger charge is 2.13. The molecule has 4 rings (SSSR count). The quantitative estimate of drug-likeness (QED) is 0.472. The molecule has 2 aliphatic rings. The molecule has 0 fully saturated rings. The molecule has 0 spiro atoms. The van der Waals surface area contributed by atoms with Crippen LogP contribution in [0, 0.1) is 0 Å². The molecule has 3 heteroatoms. The molecule has 2 aromatic rings. The second-order valence-corrected chi connectivity index (χ2v) is 3.95. The molecule has 3 nitrogen and oxygen atoms in total. The van der Waals surface area contributed by atoms with Crippen molar-refractivity contribution >= 4 is 16.4 Å². The van der Waals surface area contributed by atoms with Gasteiger partial charge in [-0.15, -0.1) is 0 Å². The summed E-state index contributed by atoms with van der Waals surface area (Å²) in [5, 5.41) is 5.71. The maximum atomic E-state index is 4.40. The van der Waals surface area contributed by atoms with Gasteiger partial charge >= 0.3 is 0 Å². The number of hydrogen-bond donors (Lipinski definition) is 1. The summed E-state index contributed by atoms with van der Waals surface area (Å²) in [5.41, 5.74) is 3.32. The molecule has 1 aliphatic heterocycles. The molecule has 0 amide bonds. The number of aromatic nitrogens is 3. The lowest BCUT2D eigenvalue weighted by Crippen LogP contribution is -1.94. The summed E-state index contributed by atoms with van der Waals surface area (Å²) < 4.78 is 2.03.